The molecule has 0 saturated heterocycles. The Morgan fingerprint density at radius 2 is 1.75 bits per heavy atom. The smallest absolute Gasteiger partial charge is 0.273 e. The van der Waals surface area contributed by atoms with Gasteiger partial charge in [-0.3, -0.25) is 4.79 Å². The second-order valence-corrected chi connectivity index (χ2v) is 6.10. The van der Waals surface area contributed by atoms with Crippen molar-refractivity contribution in [2.75, 3.05) is 19.8 Å². The van der Waals surface area contributed by atoms with Crippen molar-refractivity contribution in [2.45, 2.75) is 20.3 Å². The van der Waals surface area contributed by atoms with Crippen molar-refractivity contribution in [2.24, 2.45) is 0 Å². The Labute approximate surface area is 164 Å². The topological polar surface area (TPSA) is 73.6 Å². The predicted octanol–water partition coefficient (Wildman–Crippen LogP) is 4.11. The van der Waals surface area contributed by atoms with Crippen LogP contribution in [0.3, 0.4) is 0 Å². The van der Waals surface area contributed by atoms with Gasteiger partial charge in [-0.2, -0.15) is 0 Å². The summed E-state index contributed by atoms with van der Waals surface area (Å²) >= 11 is 0. The van der Waals surface area contributed by atoms with Gasteiger partial charge in [0, 0.05) is 18.2 Å². The number of hydrogen-bond acceptors (Lipinski definition) is 5. The van der Waals surface area contributed by atoms with Gasteiger partial charge in [0.2, 0.25) is 0 Å². The molecule has 3 rings (SSSR count). The summed E-state index contributed by atoms with van der Waals surface area (Å²) in [5, 5.41) is 6.74. The molecule has 0 aliphatic carbocycles. The first-order valence-electron chi connectivity index (χ1n) is 9.40. The van der Waals surface area contributed by atoms with E-state index in [0.29, 0.717) is 31.9 Å². The van der Waals surface area contributed by atoms with Crippen molar-refractivity contribution in [3.63, 3.8) is 0 Å². The number of aromatic nitrogens is 1. The molecule has 6 heteroatoms. The number of ether oxygens (including phenoxy) is 2. The highest BCUT2D eigenvalue weighted by atomic mass is 16.5. The highest BCUT2D eigenvalue weighted by Gasteiger charge is 2.13. The zero-order chi connectivity index (χ0) is 19.8. The van der Waals surface area contributed by atoms with Crippen LogP contribution in [-0.4, -0.2) is 30.8 Å². The number of amides is 1. The molecule has 1 aromatic heterocycles. The van der Waals surface area contributed by atoms with Crippen molar-refractivity contribution in [3.05, 3.63) is 65.9 Å². The summed E-state index contributed by atoms with van der Waals surface area (Å²) < 4.78 is 16.5. The largest absolute Gasteiger partial charge is 0.490 e. The zero-order valence-electron chi connectivity index (χ0n) is 16.1. The molecule has 0 bridgehead atoms. The predicted molar refractivity (Wildman–Crippen MR) is 107 cm³/mol. The molecule has 1 N–H and O–H groups in total. The first-order chi connectivity index (χ1) is 13.7. The molecule has 0 radical (unpaired) electrons. The maximum absolute atomic E-state index is 12.3. The molecule has 0 aliphatic rings. The molecular weight excluding hydrogens is 356 g/mol. The van der Waals surface area contributed by atoms with Gasteiger partial charge in [0.1, 0.15) is 0 Å². The van der Waals surface area contributed by atoms with Gasteiger partial charge in [-0.1, -0.05) is 41.6 Å². The molecule has 2 aromatic carbocycles. The molecule has 0 spiro atoms. The van der Waals surface area contributed by atoms with E-state index in [1.165, 1.54) is 0 Å². The number of nitrogens with zero attached hydrogens (tertiary/aromatic N) is 1. The lowest BCUT2D eigenvalue weighted by molar-refractivity contribution is 0.0945. The lowest BCUT2D eigenvalue weighted by Gasteiger charge is -2.12. The fraction of sp³-hybridized carbons (Fsp3) is 0.273. The van der Waals surface area contributed by atoms with E-state index in [-0.39, 0.29) is 11.6 Å². The molecule has 0 unspecified atom stereocenters. The molecule has 6 nitrogen and oxygen atoms in total. The van der Waals surface area contributed by atoms with Gasteiger partial charge in [0.15, 0.2) is 23.0 Å². The molecule has 0 saturated carbocycles. The van der Waals surface area contributed by atoms with Crippen LogP contribution in [0.2, 0.25) is 0 Å². The van der Waals surface area contributed by atoms with E-state index in [2.05, 4.69) is 10.5 Å². The lowest BCUT2D eigenvalue weighted by Crippen LogP contribution is -2.25. The van der Waals surface area contributed by atoms with Crippen LogP contribution >= 0.6 is 0 Å². The van der Waals surface area contributed by atoms with E-state index >= 15 is 0 Å². The van der Waals surface area contributed by atoms with Crippen LogP contribution in [0.4, 0.5) is 0 Å². The summed E-state index contributed by atoms with van der Waals surface area (Å²) in [4.78, 5) is 12.3. The second-order valence-electron chi connectivity index (χ2n) is 6.10. The van der Waals surface area contributed by atoms with Crippen LogP contribution in [0, 0.1) is 0 Å². The highest BCUT2D eigenvalue weighted by Crippen LogP contribution is 2.28. The number of rotatable bonds is 9. The standard InChI is InChI=1S/C22H24N2O4/c1-3-26-19-11-10-16(14-21(19)27-4-2)12-13-23-22(25)18-15-20(28-24-18)17-8-6-5-7-9-17/h5-11,14-15H,3-4,12-13H2,1-2H3,(H,23,25). The van der Waals surface area contributed by atoms with E-state index in [9.17, 15) is 4.79 Å². The Morgan fingerprint density at radius 3 is 2.50 bits per heavy atom. The number of carbonyl (C=O) groups is 1. The minimum atomic E-state index is -0.262. The van der Waals surface area contributed by atoms with Crippen molar-refractivity contribution in [1.82, 2.24) is 10.5 Å². The van der Waals surface area contributed by atoms with Crippen LogP contribution in [0.25, 0.3) is 11.3 Å². The summed E-state index contributed by atoms with van der Waals surface area (Å²) in [7, 11) is 0. The normalized spacial score (nSPS) is 10.5. The average Bonchev–Trinajstić information content (AvgIpc) is 3.21. The van der Waals surface area contributed by atoms with E-state index in [1.807, 2.05) is 62.4 Å². The fourth-order valence-electron chi connectivity index (χ4n) is 2.78. The number of nitrogens with one attached hydrogen (secondary N) is 1. The molecule has 1 heterocycles. The van der Waals surface area contributed by atoms with Gasteiger partial charge in [-0.25, -0.2) is 0 Å². The molecule has 0 aliphatic heterocycles. The molecule has 3 aromatic rings. The summed E-state index contributed by atoms with van der Waals surface area (Å²) in [5.74, 6) is 1.76. The highest BCUT2D eigenvalue weighted by molar-refractivity contribution is 5.93. The Morgan fingerprint density at radius 1 is 1.00 bits per heavy atom. The summed E-state index contributed by atoms with van der Waals surface area (Å²) in [5.41, 5.74) is 2.20. The van der Waals surface area contributed by atoms with Gasteiger partial charge < -0.3 is 19.3 Å². The second kappa shape index (κ2) is 9.60. The quantitative estimate of drug-likeness (QED) is 0.605. The third-order valence-corrected chi connectivity index (χ3v) is 4.11. The lowest BCUT2D eigenvalue weighted by atomic mass is 10.1. The average molecular weight is 380 g/mol. The molecule has 1 amide bonds. The monoisotopic (exact) mass is 380 g/mol. The van der Waals surface area contributed by atoms with Crippen molar-refractivity contribution in [1.29, 1.82) is 0 Å². The maximum atomic E-state index is 12.3. The number of carbonyl (C=O) groups excluding carboxylic acids is 1. The van der Waals surface area contributed by atoms with E-state index in [0.717, 1.165) is 22.6 Å². The van der Waals surface area contributed by atoms with Gasteiger partial charge in [0.05, 0.1) is 13.2 Å². The summed E-state index contributed by atoms with van der Waals surface area (Å²) in [6, 6.07) is 17.0. The van der Waals surface area contributed by atoms with Crippen LogP contribution in [0.1, 0.15) is 29.9 Å². The summed E-state index contributed by atoms with van der Waals surface area (Å²) in [6.45, 7) is 5.50. The van der Waals surface area contributed by atoms with E-state index < -0.39 is 0 Å². The van der Waals surface area contributed by atoms with Crippen LogP contribution in [-0.2, 0) is 6.42 Å². The Hall–Kier alpha value is -3.28. The maximum Gasteiger partial charge on any atom is 0.273 e. The zero-order valence-corrected chi connectivity index (χ0v) is 16.1. The third-order valence-electron chi connectivity index (χ3n) is 4.11. The minimum Gasteiger partial charge on any atom is -0.490 e. The van der Waals surface area contributed by atoms with E-state index in [4.69, 9.17) is 14.0 Å². The Bertz CT molecular complexity index is 906. The van der Waals surface area contributed by atoms with Crippen LogP contribution in [0.15, 0.2) is 59.1 Å². The van der Waals surface area contributed by atoms with E-state index in [1.54, 1.807) is 6.07 Å². The van der Waals surface area contributed by atoms with Gasteiger partial charge >= 0.3 is 0 Å². The molecule has 146 valence electrons. The first-order valence-corrected chi connectivity index (χ1v) is 9.40. The van der Waals surface area contributed by atoms with Crippen molar-refractivity contribution >= 4 is 5.91 Å². The van der Waals surface area contributed by atoms with Crippen molar-refractivity contribution < 1.29 is 18.8 Å². The molecule has 0 atom stereocenters. The molecule has 0 fully saturated rings. The number of hydrogen-bond donors (Lipinski definition) is 1. The Balaban J connectivity index is 1.57. The van der Waals surface area contributed by atoms with Crippen LogP contribution in [0.5, 0.6) is 11.5 Å². The van der Waals surface area contributed by atoms with Crippen molar-refractivity contribution in [3.8, 4) is 22.8 Å². The molecular formula is C22H24N2O4. The van der Waals surface area contributed by atoms with Gasteiger partial charge in [-0.05, 0) is 38.0 Å². The third kappa shape index (κ3) is 4.91. The molecule has 28 heavy (non-hydrogen) atoms. The van der Waals surface area contributed by atoms with Gasteiger partial charge in [0.25, 0.3) is 5.91 Å². The minimum absolute atomic E-state index is 0.262. The SMILES string of the molecule is CCOc1ccc(CCNC(=O)c2cc(-c3ccccc3)on2)cc1OCC. The van der Waals surface area contributed by atoms with Crippen LogP contribution < -0.4 is 14.8 Å². The van der Waals surface area contributed by atoms with Gasteiger partial charge in [-0.15, -0.1) is 0 Å². The number of benzene rings is 2. The Kier molecular flexibility index (Phi) is 6.68. The first kappa shape index (κ1) is 19.5. The fourth-order valence-corrected chi connectivity index (χ4v) is 2.78. The summed E-state index contributed by atoms with van der Waals surface area (Å²) in [6.07, 6.45) is 0.668.